The van der Waals surface area contributed by atoms with E-state index >= 15 is 0 Å². The van der Waals surface area contributed by atoms with E-state index in [4.69, 9.17) is 20.6 Å². The fraction of sp³-hybridized carbons (Fsp3) is 0.346. The van der Waals surface area contributed by atoms with E-state index in [0.717, 1.165) is 16.9 Å². The average Bonchev–Trinajstić information content (AvgIpc) is 3.11. The number of hydrogen-bond donors (Lipinski definition) is 3. The quantitative estimate of drug-likeness (QED) is 0.527. The Kier molecular flexibility index (Phi) is 5.94. The third kappa shape index (κ3) is 4.01. The first-order chi connectivity index (χ1) is 17.0. The Morgan fingerprint density at radius 1 is 1.20 bits per heavy atom. The van der Waals surface area contributed by atoms with Crippen LogP contribution in [0.5, 0.6) is 5.75 Å². The molecule has 182 valence electrons. The van der Waals surface area contributed by atoms with Gasteiger partial charge >= 0.3 is 0 Å². The first kappa shape index (κ1) is 22.9. The maximum atomic E-state index is 13.7. The number of allylic oxidation sites excluding steroid dienone is 1. The Bertz CT molecular complexity index is 1170. The fourth-order valence-corrected chi connectivity index (χ4v) is 5.07. The lowest BCUT2D eigenvalue weighted by Crippen LogP contribution is -2.67. The van der Waals surface area contributed by atoms with Crippen LogP contribution in [0.3, 0.4) is 0 Å². The Morgan fingerprint density at radius 2 is 1.94 bits per heavy atom. The van der Waals surface area contributed by atoms with Gasteiger partial charge in [-0.15, -0.1) is 0 Å². The van der Waals surface area contributed by atoms with E-state index in [1.807, 2.05) is 53.4 Å². The minimum Gasteiger partial charge on any atom is -0.497 e. The van der Waals surface area contributed by atoms with E-state index in [9.17, 15) is 9.59 Å². The lowest BCUT2D eigenvalue weighted by molar-refractivity contribution is -0.161. The van der Waals surface area contributed by atoms with Gasteiger partial charge in [0, 0.05) is 55.1 Å². The Balaban J connectivity index is 1.41. The minimum atomic E-state index is -0.489. The molecular weight excluding hydrogens is 446 g/mol. The largest absolute Gasteiger partial charge is 0.497 e. The number of ether oxygens (including phenoxy) is 2. The zero-order chi connectivity index (χ0) is 24.6. The van der Waals surface area contributed by atoms with Crippen molar-refractivity contribution in [2.75, 3.05) is 50.2 Å². The lowest BCUT2D eigenvalue weighted by Gasteiger charge is -2.51. The normalized spacial score (nSPS) is 21.5. The van der Waals surface area contributed by atoms with Crippen LogP contribution in [0.15, 0.2) is 54.7 Å². The van der Waals surface area contributed by atoms with Crippen LogP contribution in [0.25, 0.3) is 5.57 Å². The molecule has 2 aromatic carbocycles. The van der Waals surface area contributed by atoms with Crippen molar-refractivity contribution in [3.05, 3.63) is 60.3 Å². The average molecular weight is 476 g/mol. The van der Waals surface area contributed by atoms with Crippen molar-refractivity contribution < 1.29 is 19.1 Å². The summed E-state index contributed by atoms with van der Waals surface area (Å²) < 4.78 is 10.5. The SMILES string of the molecule is COc1cccc(NC2C(=O)N(c3ccc(/C(C=N)=C/N)cc3)CC23CN(C(=O)C2COC2)C3)c1. The highest BCUT2D eigenvalue weighted by molar-refractivity contribution is 6.08. The van der Waals surface area contributed by atoms with Crippen molar-refractivity contribution in [1.29, 1.82) is 5.41 Å². The predicted molar refractivity (Wildman–Crippen MR) is 133 cm³/mol. The highest BCUT2D eigenvalue weighted by Crippen LogP contribution is 2.44. The van der Waals surface area contributed by atoms with E-state index in [0.29, 0.717) is 44.2 Å². The van der Waals surface area contributed by atoms with Gasteiger partial charge in [-0.25, -0.2) is 0 Å². The number of rotatable bonds is 7. The topological polar surface area (TPSA) is 121 Å². The van der Waals surface area contributed by atoms with E-state index in [2.05, 4.69) is 5.32 Å². The molecule has 3 saturated heterocycles. The number of carbonyl (C=O) groups is 2. The molecule has 4 N–H and O–H groups in total. The lowest BCUT2D eigenvalue weighted by atomic mass is 9.74. The highest BCUT2D eigenvalue weighted by Gasteiger charge is 2.60. The molecule has 0 saturated carbocycles. The molecule has 5 rings (SSSR count). The Hall–Kier alpha value is -3.85. The van der Waals surface area contributed by atoms with Crippen LogP contribution in [0, 0.1) is 16.7 Å². The summed E-state index contributed by atoms with van der Waals surface area (Å²) in [6.45, 7) is 2.47. The molecule has 1 atom stereocenters. The summed E-state index contributed by atoms with van der Waals surface area (Å²) in [5.41, 5.74) is 8.17. The van der Waals surface area contributed by atoms with Gasteiger partial charge in [0.1, 0.15) is 11.8 Å². The summed E-state index contributed by atoms with van der Waals surface area (Å²) in [6, 6.07) is 14.5. The number of nitrogens with two attached hydrogens (primary N) is 1. The van der Waals surface area contributed by atoms with Gasteiger partial charge in [0.05, 0.1) is 31.7 Å². The maximum absolute atomic E-state index is 13.7. The van der Waals surface area contributed by atoms with Gasteiger partial charge in [-0.1, -0.05) is 18.2 Å². The Labute approximate surface area is 204 Å². The highest BCUT2D eigenvalue weighted by atomic mass is 16.5. The van der Waals surface area contributed by atoms with Gasteiger partial charge in [-0.05, 0) is 29.8 Å². The molecular formula is C26H29N5O4. The number of anilines is 2. The summed E-state index contributed by atoms with van der Waals surface area (Å²) in [5.74, 6) is 0.690. The molecule has 3 heterocycles. The molecule has 0 aromatic heterocycles. The summed E-state index contributed by atoms with van der Waals surface area (Å²) in [6.07, 6.45) is 2.59. The van der Waals surface area contributed by atoms with Gasteiger partial charge in [0.15, 0.2) is 0 Å². The second kappa shape index (κ2) is 9.07. The van der Waals surface area contributed by atoms with Gasteiger partial charge < -0.3 is 35.7 Å². The minimum absolute atomic E-state index is 0.0405. The summed E-state index contributed by atoms with van der Waals surface area (Å²) in [5, 5.41) is 10.9. The zero-order valence-corrected chi connectivity index (χ0v) is 19.6. The third-order valence-electron chi connectivity index (χ3n) is 7.14. The molecule has 9 heteroatoms. The first-order valence-electron chi connectivity index (χ1n) is 11.6. The second-order valence-corrected chi connectivity index (χ2v) is 9.34. The van der Waals surface area contributed by atoms with Gasteiger partial charge in [0.25, 0.3) is 0 Å². The summed E-state index contributed by atoms with van der Waals surface area (Å²) in [7, 11) is 1.61. The molecule has 9 nitrogen and oxygen atoms in total. The standard InChI is InChI=1S/C26H29N5O4/c1-34-22-4-2-3-20(9-22)29-23-25(33)31(21-7-5-17(6-8-21)18(10-27)11-28)16-26(23)14-30(15-26)24(32)19-12-35-13-19/h2-11,19,23,27,29H,12-16,28H2,1H3/b18-11+,27-10?. The summed E-state index contributed by atoms with van der Waals surface area (Å²) >= 11 is 0. The van der Waals surface area contributed by atoms with Crippen molar-refractivity contribution in [3.8, 4) is 5.75 Å². The number of nitrogens with zero attached hydrogens (tertiary/aromatic N) is 2. The molecule has 0 aliphatic carbocycles. The molecule has 35 heavy (non-hydrogen) atoms. The molecule has 3 aliphatic heterocycles. The molecule has 2 aromatic rings. The predicted octanol–water partition coefficient (Wildman–Crippen LogP) is 1.95. The zero-order valence-electron chi connectivity index (χ0n) is 19.6. The number of nitrogens with one attached hydrogen (secondary N) is 2. The van der Waals surface area contributed by atoms with E-state index in [1.54, 1.807) is 12.0 Å². The van der Waals surface area contributed by atoms with Crippen LogP contribution in [0.4, 0.5) is 11.4 Å². The molecule has 3 aliphatic rings. The molecule has 2 amide bonds. The number of methoxy groups -OCH3 is 1. The van der Waals surface area contributed by atoms with Crippen molar-refractivity contribution in [2.45, 2.75) is 6.04 Å². The molecule has 0 radical (unpaired) electrons. The number of benzene rings is 2. The monoisotopic (exact) mass is 475 g/mol. The van der Waals surface area contributed by atoms with Crippen molar-refractivity contribution in [3.63, 3.8) is 0 Å². The first-order valence-corrected chi connectivity index (χ1v) is 11.6. The van der Waals surface area contributed by atoms with Gasteiger partial charge in [-0.3, -0.25) is 9.59 Å². The molecule has 1 spiro atoms. The van der Waals surface area contributed by atoms with Crippen LogP contribution in [-0.4, -0.2) is 68.9 Å². The van der Waals surface area contributed by atoms with E-state index < -0.39 is 11.5 Å². The number of hydrogen-bond acceptors (Lipinski definition) is 7. The smallest absolute Gasteiger partial charge is 0.250 e. The second-order valence-electron chi connectivity index (χ2n) is 9.34. The number of carbonyl (C=O) groups excluding carboxylic acids is 2. The van der Waals surface area contributed by atoms with Crippen molar-refractivity contribution in [1.82, 2.24) is 4.90 Å². The molecule has 3 fully saturated rings. The molecule has 1 unspecified atom stereocenters. The maximum Gasteiger partial charge on any atom is 0.250 e. The summed E-state index contributed by atoms with van der Waals surface area (Å²) in [4.78, 5) is 30.1. The van der Waals surface area contributed by atoms with Crippen LogP contribution >= 0.6 is 0 Å². The van der Waals surface area contributed by atoms with Crippen LogP contribution < -0.4 is 20.7 Å². The number of likely N-dealkylation sites (tertiary alicyclic amines) is 1. The van der Waals surface area contributed by atoms with Gasteiger partial charge in [-0.2, -0.15) is 0 Å². The van der Waals surface area contributed by atoms with Crippen LogP contribution in [0.2, 0.25) is 0 Å². The molecule has 0 bridgehead atoms. The van der Waals surface area contributed by atoms with E-state index in [1.165, 1.54) is 12.4 Å². The van der Waals surface area contributed by atoms with Crippen molar-refractivity contribution >= 4 is 35.0 Å². The third-order valence-corrected chi connectivity index (χ3v) is 7.14. The van der Waals surface area contributed by atoms with Gasteiger partial charge in [0.2, 0.25) is 11.8 Å². The van der Waals surface area contributed by atoms with Crippen LogP contribution in [-0.2, 0) is 14.3 Å². The fourth-order valence-electron chi connectivity index (χ4n) is 5.07. The number of amides is 2. The van der Waals surface area contributed by atoms with E-state index in [-0.39, 0.29) is 17.7 Å². The van der Waals surface area contributed by atoms with Crippen LogP contribution in [0.1, 0.15) is 5.56 Å². The van der Waals surface area contributed by atoms with Crippen molar-refractivity contribution in [2.24, 2.45) is 17.1 Å². The Morgan fingerprint density at radius 3 is 2.54 bits per heavy atom.